The lowest BCUT2D eigenvalue weighted by molar-refractivity contribution is -0.158. The third-order valence-corrected chi connectivity index (χ3v) is 11.0. The summed E-state index contributed by atoms with van der Waals surface area (Å²) in [4.78, 5) is 51.4. The zero-order valence-electron chi connectivity index (χ0n) is 28.3. The van der Waals surface area contributed by atoms with Gasteiger partial charge in [-0.15, -0.1) is 11.8 Å². The van der Waals surface area contributed by atoms with Crippen molar-refractivity contribution in [2.45, 2.75) is 43.3 Å². The van der Waals surface area contributed by atoms with Crippen molar-refractivity contribution < 1.29 is 28.3 Å². The zero-order chi connectivity index (χ0) is 37.0. The molecular formula is C37H34Cl2FN5O5S2. The van der Waals surface area contributed by atoms with E-state index in [1.54, 1.807) is 20.8 Å². The van der Waals surface area contributed by atoms with Gasteiger partial charge in [-0.1, -0.05) is 131 Å². The number of carbonyl (C=O) groups is 3. The smallest absolute Gasteiger partial charge is 0.356 e. The predicted molar refractivity (Wildman–Crippen MR) is 202 cm³/mol. The summed E-state index contributed by atoms with van der Waals surface area (Å²) < 4.78 is 18.7. The van der Waals surface area contributed by atoms with Crippen molar-refractivity contribution in [3.63, 3.8) is 0 Å². The number of amides is 2. The van der Waals surface area contributed by atoms with Gasteiger partial charge in [-0.05, 0) is 37.5 Å². The number of rotatable bonds is 12. The van der Waals surface area contributed by atoms with Crippen molar-refractivity contribution in [1.82, 2.24) is 15.2 Å². The van der Waals surface area contributed by atoms with Crippen molar-refractivity contribution in [3.8, 4) is 0 Å². The molecule has 15 heteroatoms. The minimum Gasteiger partial charge on any atom is -0.455 e. The molecule has 1 aromatic heterocycles. The third-order valence-electron chi connectivity index (χ3n) is 8.06. The van der Waals surface area contributed by atoms with Gasteiger partial charge in [-0.2, -0.15) is 0 Å². The van der Waals surface area contributed by atoms with Gasteiger partial charge in [0.2, 0.25) is 0 Å². The van der Waals surface area contributed by atoms with Crippen LogP contribution in [0.3, 0.4) is 0 Å². The van der Waals surface area contributed by atoms with Crippen LogP contribution in [-0.4, -0.2) is 69.4 Å². The molecule has 3 heterocycles. The van der Waals surface area contributed by atoms with Crippen molar-refractivity contribution in [2.75, 3.05) is 24.4 Å². The highest BCUT2D eigenvalue weighted by Crippen LogP contribution is 2.44. The van der Waals surface area contributed by atoms with E-state index in [1.165, 1.54) is 16.7 Å². The number of halogens is 3. The second kappa shape index (κ2) is 15.7. The average Bonchev–Trinajstić information content (AvgIpc) is 3.50. The Morgan fingerprint density at radius 3 is 2.04 bits per heavy atom. The van der Waals surface area contributed by atoms with Crippen LogP contribution in [0.1, 0.15) is 43.2 Å². The van der Waals surface area contributed by atoms with Crippen LogP contribution < -0.4 is 10.6 Å². The number of hydrogen-bond donors (Lipinski definition) is 2. The van der Waals surface area contributed by atoms with Gasteiger partial charge in [0, 0.05) is 5.75 Å². The summed E-state index contributed by atoms with van der Waals surface area (Å²) in [6.07, 6.45) is 0. The van der Waals surface area contributed by atoms with Crippen LogP contribution in [-0.2, 0) is 29.5 Å². The Labute approximate surface area is 318 Å². The van der Waals surface area contributed by atoms with E-state index in [4.69, 9.17) is 37.8 Å². The molecule has 2 amide bonds. The number of fused-ring (bicyclic) bond motifs is 1. The molecule has 0 spiro atoms. The molecule has 4 aromatic rings. The van der Waals surface area contributed by atoms with Gasteiger partial charge in [0.25, 0.3) is 11.8 Å². The van der Waals surface area contributed by atoms with Crippen LogP contribution in [0.15, 0.2) is 107 Å². The SMILES string of the molecule is CC(C)(C)OC(=O)C1=C(Cl)CSC2[C@H](NC(=O)C(=NOCCF)c3nc(NC(c4ccccc4)(c4ccccc4)c4ccccc4)sc3Cl)C(=O)N12. The van der Waals surface area contributed by atoms with E-state index in [9.17, 15) is 18.8 Å². The van der Waals surface area contributed by atoms with Gasteiger partial charge in [-0.3, -0.25) is 14.5 Å². The summed E-state index contributed by atoms with van der Waals surface area (Å²) in [5.41, 5.74) is 0.507. The summed E-state index contributed by atoms with van der Waals surface area (Å²) in [5.74, 6) is -1.93. The third kappa shape index (κ3) is 7.54. The normalized spacial score (nSPS) is 17.6. The minimum absolute atomic E-state index is 0.0362. The molecule has 2 N–H and O–H groups in total. The molecule has 10 nitrogen and oxygen atoms in total. The second-order valence-electron chi connectivity index (χ2n) is 12.7. The van der Waals surface area contributed by atoms with E-state index in [0.717, 1.165) is 28.0 Å². The molecule has 270 valence electrons. The van der Waals surface area contributed by atoms with E-state index in [-0.39, 0.29) is 32.2 Å². The molecule has 6 rings (SSSR count). The molecule has 2 atom stereocenters. The first-order valence-electron chi connectivity index (χ1n) is 16.2. The van der Waals surface area contributed by atoms with Crippen molar-refractivity contribution in [2.24, 2.45) is 5.16 Å². The largest absolute Gasteiger partial charge is 0.455 e. The number of aromatic nitrogens is 1. The number of thioether (sulfide) groups is 1. The highest BCUT2D eigenvalue weighted by atomic mass is 35.5. The topological polar surface area (TPSA) is 122 Å². The molecule has 1 unspecified atom stereocenters. The van der Waals surface area contributed by atoms with Gasteiger partial charge in [-0.25, -0.2) is 14.2 Å². The molecular weight excluding hydrogens is 748 g/mol. The summed E-state index contributed by atoms with van der Waals surface area (Å²) in [7, 11) is 0. The van der Waals surface area contributed by atoms with Gasteiger partial charge >= 0.3 is 5.97 Å². The number of esters is 1. The molecule has 0 saturated carbocycles. The lowest BCUT2D eigenvalue weighted by Gasteiger charge is -2.49. The lowest BCUT2D eigenvalue weighted by atomic mass is 9.77. The number of nitrogens with zero attached hydrogens (tertiary/aromatic N) is 3. The van der Waals surface area contributed by atoms with E-state index in [1.807, 2.05) is 91.0 Å². The van der Waals surface area contributed by atoms with Crippen molar-refractivity contribution in [3.05, 3.63) is 128 Å². The Morgan fingerprint density at radius 1 is 0.962 bits per heavy atom. The van der Waals surface area contributed by atoms with Gasteiger partial charge in [0.15, 0.2) is 10.8 Å². The molecule has 1 saturated heterocycles. The van der Waals surface area contributed by atoms with E-state index in [2.05, 4.69) is 15.8 Å². The molecule has 0 aliphatic carbocycles. The number of carbonyl (C=O) groups excluding carboxylic acids is 3. The van der Waals surface area contributed by atoms with Gasteiger partial charge in [0.1, 0.15) is 51.6 Å². The molecule has 2 aliphatic heterocycles. The first kappa shape index (κ1) is 37.3. The summed E-state index contributed by atoms with van der Waals surface area (Å²) in [5, 5.41) is 10.1. The monoisotopic (exact) mass is 781 g/mol. The number of nitrogens with one attached hydrogen (secondary N) is 2. The van der Waals surface area contributed by atoms with E-state index < -0.39 is 53.6 Å². The number of oxime groups is 1. The summed E-state index contributed by atoms with van der Waals surface area (Å²) in [6.45, 7) is 3.82. The van der Waals surface area contributed by atoms with Crippen molar-refractivity contribution in [1.29, 1.82) is 0 Å². The highest BCUT2D eigenvalue weighted by Gasteiger charge is 2.55. The number of β-lactam (4-membered cyclic amide) rings is 1. The van der Waals surface area contributed by atoms with Crippen LogP contribution in [0, 0.1) is 0 Å². The Morgan fingerprint density at radius 2 is 1.52 bits per heavy atom. The standard InChI is InChI=1S/C37H34Cl2FN5O5S2/c1-36(2,3)50-34(48)29-25(38)21-51-33-28(32(47)45(29)33)41-31(46)27(44-49-20-19-40)26-30(39)52-35(42-26)43-37(22-13-7-4-8-14-22,23-15-9-5-10-16-23)24-17-11-6-12-18-24/h4-18,28,33H,19-21H2,1-3H3,(H,41,46)(H,42,43)/t28-,33?/m1/s1. The molecule has 3 aromatic carbocycles. The van der Waals surface area contributed by atoms with Crippen LogP contribution >= 0.6 is 46.3 Å². The second-order valence-corrected chi connectivity index (χ2v) is 15.9. The van der Waals surface area contributed by atoms with E-state index >= 15 is 0 Å². The summed E-state index contributed by atoms with van der Waals surface area (Å²) >= 11 is 15.5. The maximum absolute atomic E-state index is 13.9. The van der Waals surface area contributed by atoms with Gasteiger partial charge in [0.05, 0.1) is 5.03 Å². The first-order valence-corrected chi connectivity index (χ1v) is 18.8. The fourth-order valence-electron chi connectivity index (χ4n) is 5.89. The van der Waals surface area contributed by atoms with E-state index in [0.29, 0.717) is 5.13 Å². The van der Waals surface area contributed by atoms with Gasteiger partial charge < -0.3 is 20.2 Å². The number of anilines is 1. The van der Waals surface area contributed by atoms with Crippen LogP contribution in [0.25, 0.3) is 0 Å². The Bertz CT molecular complexity index is 1910. The highest BCUT2D eigenvalue weighted by molar-refractivity contribution is 8.00. The maximum atomic E-state index is 13.9. The fraction of sp³-hybridized carbons (Fsp3) is 0.270. The Balaban J connectivity index is 1.32. The lowest BCUT2D eigenvalue weighted by Crippen LogP contribution is -2.71. The predicted octanol–water partition coefficient (Wildman–Crippen LogP) is 7.08. The molecule has 0 radical (unpaired) electrons. The fourth-order valence-corrected chi connectivity index (χ4v) is 8.53. The number of alkyl halides is 1. The van der Waals surface area contributed by atoms with Crippen LogP contribution in [0.2, 0.25) is 4.34 Å². The average molecular weight is 783 g/mol. The molecule has 2 aliphatic rings. The Hall–Kier alpha value is -4.43. The maximum Gasteiger partial charge on any atom is 0.356 e. The summed E-state index contributed by atoms with van der Waals surface area (Å²) in [6, 6.07) is 28.5. The zero-order valence-corrected chi connectivity index (χ0v) is 31.4. The number of ether oxygens (including phenoxy) is 1. The molecule has 0 bridgehead atoms. The number of benzene rings is 3. The minimum atomic E-state index is -1.05. The molecule has 1 fully saturated rings. The number of hydrogen-bond acceptors (Lipinski definition) is 10. The van der Waals surface area contributed by atoms with Crippen LogP contribution in [0.4, 0.5) is 9.52 Å². The first-order chi connectivity index (χ1) is 24.9. The van der Waals surface area contributed by atoms with Crippen molar-refractivity contribution >= 4 is 74.9 Å². The Kier molecular flexibility index (Phi) is 11.2. The molecule has 52 heavy (non-hydrogen) atoms. The van der Waals surface area contributed by atoms with Crippen LogP contribution in [0.5, 0.6) is 0 Å². The number of thiazole rings is 1. The quantitative estimate of drug-likeness (QED) is 0.0391.